The molecule has 0 saturated heterocycles. The van der Waals surface area contributed by atoms with E-state index in [0.29, 0.717) is 0 Å². The Balaban J connectivity index is 1.51. The molecule has 172 valence electrons. The summed E-state index contributed by atoms with van der Waals surface area (Å²) in [5, 5.41) is 0. The van der Waals surface area contributed by atoms with Crippen LogP contribution in [-0.4, -0.2) is 11.6 Å². The Kier molecular flexibility index (Phi) is 4.75. The van der Waals surface area contributed by atoms with Crippen LogP contribution >= 0.6 is 0 Å². The van der Waals surface area contributed by atoms with Crippen LogP contribution in [0.5, 0.6) is 0 Å². The minimum absolute atomic E-state index is 0.103. The lowest BCUT2D eigenvalue weighted by atomic mass is 9.71. The lowest BCUT2D eigenvalue weighted by Gasteiger charge is -2.30. The van der Waals surface area contributed by atoms with Crippen LogP contribution in [0.4, 0.5) is 0 Å². The second-order valence-corrected chi connectivity index (χ2v) is 9.85. The highest BCUT2D eigenvalue weighted by Crippen LogP contribution is 2.66. The minimum atomic E-state index is -0.426. The Bertz CT molecular complexity index is 1550. The number of fused-ring (bicyclic) bond motifs is 5. The van der Waals surface area contributed by atoms with Gasteiger partial charge in [-0.3, -0.25) is 9.59 Å². The van der Waals surface area contributed by atoms with Gasteiger partial charge in [0.25, 0.3) is 0 Å². The molecular weight excluding hydrogens is 440 g/mol. The Morgan fingerprint density at radius 2 is 0.750 bits per heavy atom. The van der Waals surface area contributed by atoms with Crippen LogP contribution in [0.1, 0.15) is 22.3 Å². The van der Waals surface area contributed by atoms with Gasteiger partial charge in [-0.15, -0.1) is 0 Å². The molecule has 4 aromatic rings. The standard InChI is InChI=1S/C34H24O2/c35-33-28(24-19-11-4-12-20-24)27(23-17-9-3-10-18-23)29-30-25(21-13-5-1-6-14-21)26(22-15-7-2-8-16-22)31(32(29)33)34(30)36/h1-20,29-32H. The maximum absolute atomic E-state index is 14.3. The van der Waals surface area contributed by atoms with Gasteiger partial charge in [0.2, 0.25) is 0 Å². The van der Waals surface area contributed by atoms with Crippen LogP contribution < -0.4 is 0 Å². The van der Waals surface area contributed by atoms with Crippen LogP contribution in [0.3, 0.4) is 0 Å². The highest BCUT2D eigenvalue weighted by Gasteiger charge is 2.65. The number of carbonyl (C=O) groups is 2. The topological polar surface area (TPSA) is 34.1 Å². The van der Waals surface area contributed by atoms with Crippen LogP contribution in [0.15, 0.2) is 121 Å². The molecule has 4 unspecified atom stereocenters. The molecule has 0 radical (unpaired) electrons. The van der Waals surface area contributed by atoms with Crippen molar-refractivity contribution in [1.29, 1.82) is 0 Å². The molecule has 4 aromatic carbocycles. The molecule has 4 atom stereocenters. The third-order valence-electron chi connectivity index (χ3n) is 8.10. The maximum atomic E-state index is 14.3. The molecule has 36 heavy (non-hydrogen) atoms. The molecule has 2 nitrogen and oxygen atoms in total. The van der Waals surface area contributed by atoms with Gasteiger partial charge in [0, 0.05) is 17.4 Å². The van der Waals surface area contributed by atoms with E-state index in [0.717, 1.165) is 44.5 Å². The number of ketones is 2. The van der Waals surface area contributed by atoms with Crippen molar-refractivity contribution < 1.29 is 9.59 Å². The SMILES string of the molecule is O=C1C2C(c3ccccc3)=C(c3ccccc3)C1C1C(c3ccccc3)=C(c3ccccc3)C(=O)C21. The summed E-state index contributed by atoms with van der Waals surface area (Å²) in [7, 11) is 0. The quantitative estimate of drug-likeness (QED) is 0.331. The molecule has 0 aromatic heterocycles. The maximum Gasteiger partial charge on any atom is 0.168 e. The number of carbonyl (C=O) groups excluding carboxylic acids is 2. The molecule has 0 N–H and O–H groups in total. The zero-order chi connectivity index (χ0) is 24.2. The third-order valence-corrected chi connectivity index (χ3v) is 8.10. The fraction of sp³-hybridized carbons (Fsp3) is 0.118. The monoisotopic (exact) mass is 464 g/mol. The predicted molar refractivity (Wildman–Crippen MR) is 143 cm³/mol. The third kappa shape index (κ3) is 2.91. The van der Waals surface area contributed by atoms with E-state index in [4.69, 9.17) is 0 Å². The van der Waals surface area contributed by atoms with E-state index in [1.165, 1.54) is 0 Å². The van der Waals surface area contributed by atoms with Crippen molar-refractivity contribution in [3.05, 3.63) is 144 Å². The zero-order valence-electron chi connectivity index (χ0n) is 19.7. The van der Waals surface area contributed by atoms with Gasteiger partial charge in [-0.05, 0) is 39.0 Å². The van der Waals surface area contributed by atoms with Gasteiger partial charge in [-0.25, -0.2) is 0 Å². The largest absolute Gasteiger partial charge is 0.298 e. The number of hydrogen-bond donors (Lipinski definition) is 0. The molecule has 3 aliphatic carbocycles. The first-order chi connectivity index (χ1) is 17.8. The Morgan fingerprint density at radius 1 is 0.389 bits per heavy atom. The number of benzene rings is 4. The Labute approximate surface area is 210 Å². The van der Waals surface area contributed by atoms with E-state index in [9.17, 15) is 9.59 Å². The second-order valence-electron chi connectivity index (χ2n) is 9.85. The van der Waals surface area contributed by atoms with E-state index in [1.54, 1.807) is 0 Å². The summed E-state index contributed by atoms with van der Waals surface area (Å²) in [5.41, 5.74) is 8.01. The lowest BCUT2D eigenvalue weighted by Crippen LogP contribution is -2.26. The van der Waals surface area contributed by atoms with Crippen molar-refractivity contribution in [2.75, 3.05) is 0 Å². The average molecular weight is 465 g/mol. The average Bonchev–Trinajstić information content (AvgIpc) is 3.52. The molecule has 0 aliphatic heterocycles. The molecule has 0 spiro atoms. The second kappa shape index (κ2) is 8.13. The van der Waals surface area contributed by atoms with E-state index in [2.05, 4.69) is 36.4 Å². The highest BCUT2D eigenvalue weighted by molar-refractivity contribution is 6.37. The van der Waals surface area contributed by atoms with Crippen molar-refractivity contribution >= 4 is 33.9 Å². The van der Waals surface area contributed by atoms with Gasteiger partial charge in [0.15, 0.2) is 5.78 Å². The Hall–Kier alpha value is -4.30. The molecule has 2 bridgehead atoms. The van der Waals surface area contributed by atoms with Crippen molar-refractivity contribution in [1.82, 2.24) is 0 Å². The van der Waals surface area contributed by atoms with E-state index in [-0.39, 0.29) is 29.3 Å². The summed E-state index contributed by atoms with van der Waals surface area (Å²) in [4.78, 5) is 28.4. The lowest BCUT2D eigenvalue weighted by molar-refractivity contribution is -0.123. The summed E-state index contributed by atoms with van der Waals surface area (Å²) >= 11 is 0. The van der Waals surface area contributed by atoms with Crippen LogP contribution in [0.2, 0.25) is 0 Å². The molecule has 2 heteroatoms. The number of Topliss-reactive ketones (excluding diaryl/α,β-unsaturated/α-hetero) is 2. The van der Waals surface area contributed by atoms with E-state index >= 15 is 0 Å². The van der Waals surface area contributed by atoms with E-state index < -0.39 is 5.92 Å². The van der Waals surface area contributed by atoms with Crippen LogP contribution in [-0.2, 0) is 9.59 Å². The van der Waals surface area contributed by atoms with Crippen molar-refractivity contribution in [3.63, 3.8) is 0 Å². The minimum Gasteiger partial charge on any atom is -0.298 e. The van der Waals surface area contributed by atoms with Crippen LogP contribution in [0, 0.1) is 23.7 Å². The fourth-order valence-electron chi connectivity index (χ4n) is 6.83. The van der Waals surface area contributed by atoms with Gasteiger partial charge in [0.1, 0.15) is 5.78 Å². The first kappa shape index (κ1) is 21.0. The van der Waals surface area contributed by atoms with Gasteiger partial charge < -0.3 is 0 Å². The van der Waals surface area contributed by atoms with Crippen molar-refractivity contribution in [3.8, 4) is 0 Å². The first-order valence-corrected chi connectivity index (χ1v) is 12.5. The number of hydrogen-bond acceptors (Lipinski definition) is 2. The molecule has 3 aliphatic rings. The van der Waals surface area contributed by atoms with Crippen molar-refractivity contribution in [2.45, 2.75) is 0 Å². The van der Waals surface area contributed by atoms with Gasteiger partial charge in [0.05, 0.1) is 11.8 Å². The summed E-state index contributed by atoms with van der Waals surface area (Å²) in [5.74, 6) is -0.989. The summed E-state index contributed by atoms with van der Waals surface area (Å²) in [6.45, 7) is 0. The van der Waals surface area contributed by atoms with Gasteiger partial charge >= 0.3 is 0 Å². The molecule has 1 saturated carbocycles. The normalized spacial score (nSPS) is 24.6. The molecule has 0 amide bonds. The molecule has 1 fully saturated rings. The Morgan fingerprint density at radius 3 is 1.19 bits per heavy atom. The molecule has 7 rings (SSSR count). The first-order valence-electron chi connectivity index (χ1n) is 12.5. The smallest absolute Gasteiger partial charge is 0.168 e. The van der Waals surface area contributed by atoms with Gasteiger partial charge in [-0.1, -0.05) is 121 Å². The summed E-state index contributed by atoms with van der Waals surface area (Å²) in [6, 6.07) is 40.6. The van der Waals surface area contributed by atoms with Crippen LogP contribution in [0.25, 0.3) is 22.3 Å². The van der Waals surface area contributed by atoms with E-state index in [1.807, 2.05) is 84.9 Å². The number of rotatable bonds is 4. The molecule has 0 heterocycles. The van der Waals surface area contributed by atoms with Crippen molar-refractivity contribution in [2.24, 2.45) is 23.7 Å². The highest BCUT2D eigenvalue weighted by atomic mass is 16.1. The molecular formula is C34H24O2. The predicted octanol–water partition coefficient (Wildman–Crippen LogP) is 6.85. The van der Waals surface area contributed by atoms with Gasteiger partial charge in [-0.2, -0.15) is 0 Å². The summed E-state index contributed by atoms with van der Waals surface area (Å²) in [6.07, 6.45) is 0. The zero-order valence-corrected chi connectivity index (χ0v) is 19.7. The fourth-order valence-corrected chi connectivity index (χ4v) is 6.83. The number of allylic oxidation sites excluding steroid dienone is 4. The summed E-state index contributed by atoms with van der Waals surface area (Å²) < 4.78 is 0.